The lowest BCUT2D eigenvalue weighted by atomic mass is 9.99. The summed E-state index contributed by atoms with van der Waals surface area (Å²) in [6.45, 7) is 8.37. The minimum absolute atomic E-state index is 0.0643. The van der Waals surface area contributed by atoms with E-state index in [1.54, 1.807) is 33.3 Å². The Labute approximate surface area is 214 Å². The largest absolute Gasteiger partial charge is 0.444 e. The van der Waals surface area contributed by atoms with Gasteiger partial charge in [0.2, 0.25) is 0 Å². The third kappa shape index (κ3) is 5.00. The molecule has 1 aromatic carbocycles. The number of aromatic nitrogens is 4. The van der Waals surface area contributed by atoms with Crippen LogP contribution in [0.5, 0.6) is 0 Å². The summed E-state index contributed by atoms with van der Waals surface area (Å²) in [6, 6.07) is 4.96. The minimum Gasteiger partial charge on any atom is -0.444 e. The van der Waals surface area contributed by atoms with Crippen molar-refractivity contribution in [1.82, 2.24) is 29.4 Å². The summed E-state index contributed by atoms with van der Waals surface area (Å²) < 4.78 is 23.6. The van der Waals surface area contributed by atoms with Gasteiger partial charge in [0.25, 0.3) is 5.91 Å². The lowest BCUT2D eigenvalue weighted by Crippen LogP contribution is -2.47. The highest BCUT2D eigenvalue weighted by atomic mass is 19.1. The van der Waals surface area contributed by atoms with Gasteiger partial charge in [-0.2, -0.15) is 5.10 Å². The van der Waals surface area contributed by atoms with Crippen LogP contribution < -0.4 is 5.32 Å². The van der Waals surface area contributed by atoms with Crippen molar-refractivity contribution in [3.63, 3.8) is 0 Å². The summed E-state index contributed by atoms with van der Waals surface area (Å²) in [5.74, 6) is -0.639. The lowest BCUT2D eigenvalue weighted by Gasteiger charge is -2.33. The Morgan fingerprint density at radius 3 is 2.57 bits per heavy atom. The van der Waals surface area contributed by atoms with Gasteiger partial charge in [-0.25, -0.2) is 14.2 Å². The number of likely N-dealkylation sites (tertiary alicyclic amines) is 1. The summed E-state index contributed by atoms with van der Waals surface area (Å²) in [6.07, 6.45) is 6.39. The quantitative estimate of drug-likeness (QED) is 0.443. The molecule has 0 aliphatic carbocycles. The fourth-order valence-corrected chi connectivity index (χ4v) is 4.78. The van der Waals surface area contributed by atoms with E-state index < -0.39 is 11.4 Å². The molecule has 1 saturated heterocycles. The first kappa shape index (κ1) is 24.7. The number of ether oxygens (including phenoxy) is 1. The lowest BCUT2D eigenvalue weighted by molar-refractivity contribution is 0.0199. The molecule has 0 saturated carbocycles. The van der Waals surface area contributed by atoms with Gasteiger partial charge in [-0.15, -0.1) is 0 Å². The Hall–Kier alpha value is -3.95. The molecule has 0 unspecified atom stereocenters. The number of amides is 2. The smallest absolute Gasteiger partial charge is 0.410 e. The Morgan fingerprint density at radius 1 is 1.14 bits per heavy atom. The SMILES string of the molecule is Cc1cn2cc(-c3ccc(C(=O)NC4CCN(C(=O)OC(C)(C)C)CC4)c4nn(C)cc34)cc(F)c2n1. The third-order valence-electron chi connectivity index (χ3n) is 6.46. The summed E-state index contributed by atoms with van der Waals surface area (Å²) in [4.78, 5) is 31.5. The molecule has 2 amide bonds. The van der Waals surface area contributed by atoms with Crippen LogP contribution in [0.3, 0.4) is 0 Å². The van der Waals surface area contributed by atoms with E-state index in [-0.39, 0.29) is 23.7 Å². The second-order valence-corrected chi connectivity index (χ2v) is 10.6. The average Bonchev–Trinajstić information content (AvgIpc) is 3.39. The Morgan fingerprint density at radius 2 is 1.86 bits per heavy atom. The van der Waals surface area contributed by atoms with E-state index in [1.807, 2.05) is 46.2 Å². The molecule has 0 spiro atoms. The number of benzene rings is 1. The van der Waals surface area contributed by atoms with Gasteiger partial charge < -0.3 is 19.4 Å². The second-order valence-electron chi connectivity index (χ2n) is 10.6. The minimum atomic E-state index is -0.544. The van der Waals surface area contributed by atoms with E-state index in [0.29, 0.717) is 42.6 Å². The standard InChI is InChI=1S/C27H31FN6O3/c1-16-13-34-14-17(12-22(28)24(34)29-16)19-6-7-20(23-21(19)15-32(5)31-23)25(35)30-18-8-10-33(11-9-18)26(36)37-27(2,3)4/h6-7,12-15,18H,8-11H2,1-5H3,(H,30,35). The molecule has 4 heterocycles. The van der Waals surface area contributed by atoms with Gasteiger partial charge >= 0.3 is 6.09 Å². The molecular weight excluding hydrogens is 475 g/mol. The fraction of sp³-hybridized carbons (Fsp3) is 0.407. The molecule has 1 N–H and O–H groups in total. The summed E-state index contributed by atoms with van der Waals surface area (Å²) in [7, 11) is 1.79. The van der Waals surface area contributed by atoms with Gasteiger partial charge in [-0.05, 0) is 58.2 Å². The van der Waals surface area contributed by atoms with Crippen LogP contribution in [-0.2, 0) is 11.8 Å². The van der Waals surface area contributed by atoms with E-state index in [4.69, 9.17) is 4.74 Å². The molecule has 194 valence electrons. The van der Waals surface area contributed by atoms with Gasteiger partial charge in [-0.1, -0.05) is 6.07 Å². The van der Waals surface area contributed by atoms with Crippen molar-refractivity contribution >= 4 is 28.6 Å². The van der Waals surface area contributed by atoms with Gasteiger partial charge in [0.15, 0.2) is 11.5 Å². The number of piperidine rings is 1. The molecule has 0 bridgehead atoms. The number of pyridine rings is 1. The maximum absolute atomic E-state index is 14.8. The number of hydrogen-bond donors (Lipinski definition) is 1. The van der Waals surface area contributed by atoms with Gasteiger partial charge in [-0.3, -0.25) is 9.48 Å². The van der Waals surface area contributed by atoms with E-state index >= 15 is 0 Å². The first-order valence-electron chi connectivity index (χ1n) is 12.4. The molecule has 0 atom stereocenters. The number of hydrogen-bond acceptors (Lipinski definition) is 5. The molecule has 1 aliphatic heterocycles. The zero-order valence-electron chi connectivity index (χ0n) is 21.7. The molecule has 1 aliphatic rings. The van der Waals surface area contributed by atoms with E-state index in [9.17, 15) is 14.0 Å². The second kappa shape index (κ2) is 9.17. The zero-order valence-corrected chi connectivity index (χ0v) is 21.7. The summed E-state index contributed by atoms with van der Waals surface area (Å²) >= 11 is 0. The van der Waals surface area contributed by atoms with E-state index in [0.717, 1.165) is 16.6 Å². The van der Waals surface area contributed by atoms with Crippen molar-refractivity contribution in [1.29, 1.82) is 0 Å². The highest BCUT2D eigenvalue weighted by molar-refractivity contribution is 6.09. The van der Waals surface area contributed by atoms with Crippen LogP contribution in [-0.4, -0.2) is 60.8 Å². The number of halogens is 1. The molecule has 1 fully saturated rings. The number of nitrogens with one attached hydrogen (secondary N) is 1. The molecule has 4 aromatic rings. The monoisotopic (exact) mass is 506 g/mol. The van der Waals surface area contributed by atoms with E-state index in [2.05, 4.69) is 15.4 Å². The van der Waals surface area contributed by atoms with Crippen LogP contribution in [0.15, 0.2) is 36.8 Å². The number of nitrogens with zero attached hydrogens (tertiary/aromatic N) is 5. The maximum atomic E-state index is 14.8. The molecule has 0 radical (unpaired) electrons. The fourth-order valence-electron chi connectivity index (χ4n) is 4.78. The number of fused-ring (bicyclic) bond motifs is 2. The van der Waals surface area contributed by atoms with Crippen LogP contribution in [0.1, 0.15) is 49.7 Å². The number of rotatable bonds is 3. The van der Waals surface area contributed by atoms with Crippen LogP contribution in [0.2, 0.25) is 0 Å². The van der Waals surface area contributed by atoms with Gasteiger partial charge in [0.05, 0.1) is 11.3 Å². The number of carbonyl (C=O) groups is 2. The summed E-state index contributed by atoms with van der Waals surface area (Å²) in [5.41, 5.74) is 2.90. The van der Waals surface area contributed by atoms with Gasteiger partial charge in [0.1, 0.15) is 11.1 Å². The maximum Gasteiger partial charge on any atom is 0.410 e. The number of aryl methyl sites for hydroxylation is 2. The molecule has 10 heteroatoms. The first-order chi connectivity index (χ1) is 17.5. The van der Waals surface area contributed by atoms with Crippen molar-refractivity contribution in [2.45, 2.75) is 52.2 Å². The molecule has 5 rings (SSSR count). The number of imidazole rings is 1. The molecule has 37 heavy (non-hydrogen) atoms. The Balaban J connectivity index is 1.36. The predicted octanol–water partition coefficient (Wildman–Crippen LogP) is 4.46. The third-order valence-corrected chi connectivity index (χ3v) is 6.46. The van der Waals surface area contributed by atoms with E-state index in [1.165, 1.54) is 6.07 Å². The van der Waals surface area contributed by atoms with Crippen LogP contribution >= 0.6 is 0 Å². The highest BCUT2D eigenvalue weighted by Crippen LogP contribution is 2.31. The highest BCUT2D eigenvalue weighted by Gasteiger charge is 2.28. The number of carbonyl (C=O) groups excluding carboxylic acids is 2. The average molecular weight is 507 g/mol. The molecule has 9 nitrogen and oxygen atoms in total. The van der Waals surface area contributed by atoms with Crippen molar-refractivity contribution in [2.24, 2.45) is 7.05 Å². The topological polar surface area (TPSA) is 93.8 Å². The predicted molar refractivity (Wildman–Crippen MR) is 138 cm³/mol. The Kier molecular flexibility index (Phi) is 6.13. The van der Waals surface area contributed by atoms with Crippen molar-refractivity contribution in [3.05, 3.63) is 53.9 Å². The first-order valence-corrected chi connectivity index (χ1v) is 12.4. The van der Waals surface area contributed by atoms with Crippen LogP contribution in [0.25, 0.3) is 27.7 Å². The van der Waals surface area contributed by atoms with Gasteiger partial charge in [0, 0.05) is 55.7 Å². The summed E-state index contributed by atoms with van der Waals surface area (Å²) in [5, 5.41) is 8.40. The van der Waals surface area contributed by atoms with Crippen molar-refractivity contribution in [3.8, 4) is 11.1 Å². The van der Waals surface area contributed by atoms with Crippen LogP contribution in [0, 0.1) is 12.7 Å². The zero-order chi connectivity index (χ0) is 26.5. The molecular formula is C27H31FN6O3. The van der Waals surface area contributed by atoms with Crippen LogP contribution in [0.4, 0.5) is 9.18 Å². The normalized spacial score (nSPS) is 14.9. The molecule has 3 aromatic heterocycles. The Bertz CT molecular complexity index is 1510. The van der Waals surface area contributed by atoms with Crippen molar-refractivity contribution in [2.75, 3.05) is 13.1 Å². The van der Waals surface area contributed by atoms with Crippen molar-refractivity contribution < 1.29 is 18.7 Å².